The van der Waals surface area contributed by atoms with E-state index in [2.05, 4.69) is 10.6 Å². The van der Waals surface area contributed by atoms with E-state index in [0.717, 1.165) is 21.9 Å². The maximum absolute atomic E-state index is 11.9. The number of ether oxygens (including phenoxy) is 2. The molecule has 2 amide bonds. The highest BCUT2D eigenvalue weighted by atomic mass is 32.2. The number of anilines is 1. The first kappa shape index (κ1) is 14.6. The van der Waals surface area contributed by atoms with Gasteiger partial charge in [0.1, 0.15) is 0 Å². The van der Waals surface area contributed by atoms with Crippen molar-refractivity contribution in [3.8, 4) is 11.5 Å². The summed E-state index contributed by atoms with van der Waals surface area (Å²) < 4.78 is 10.6. The van der Waals surface area contributed by atoms with Crippen molar-refractivity contribution in [3.63, 3.8) is 0 Å². The van der Waals surface area contributed by atoms with Gasteiger partial charge < -0.3 is 20.1 Å². The molecule has 2 aromatic rings. The molecular weight excluding hydrogens is 300 g/mol. The Balaban J connectivity index is 1.56. The smallest absolute Gasteiger partial charge is 0.319 e. The van der Waals surface area contributed by atoms with Crippen molar-refractivity contribution in [2.75, 3.05) is 18.4 Å². The van der Waals surface area contributed by atoms with E-state index in [4.69, 9.17) is 9.47 Å². The van der Waals surface area contributed by atoms with Crippen molar-refractivity contribution in [1.82, 2.24) is 5.32 Å². The summed E-state index contributed by atoms with van der Waals surface area (Å²) in [5.41, 5.74) is 1.73. The number of hydrogen-bond acceptors (Lipinski definition) is 4. The van der Waals surface area contributed by atoms with E-state index >= 15 is 0 Å². The van der Waals surface area contributed by atoms with Crippen LogP contribution in [0.1, 0.15) is 5.56 Å². The van der Waals surface area contributed by atoms with Gasteiger partial charge in [0.15, 0.2) is 11.5 Å². The van der Waals surface area contributed by atoms with Crippen LogP contribution >= 0.6 is 11.8 Å². The highest BCUT2D eigenvalue weighted by Crippen LogP contribution is 2.32. The SMILES string of the molecule is CSc1cccc(NC(=O)NCc2ccc3c(c2)OCO3)c1. The fraction of sp³-hybridized carbons (Fsp3) is 0.188. The molecule has 0 bridgehead atoms. The molecular formula is C16H16N2O3S. The number of rotatable bonds is 4. The average Bonchev–Trinajstić information content (AvgIpc) is 3.00. The summed E-state index contributed by atoms with van der Waals surface area (Å²) in [6, 6.07) is 13.1. The van der Waals surface area contributed by atoms with E-state index in [-0.39, 0.29) is 12.8 Å². The van der Waals surface area contributed by atoms with Gasteiger partial charge in [-0.2, -0.15) is 0 Å². The van der Waals surface area contributed by atoms with Crippen LogP contribution in [0.4, 0.5) is 10.5 Å². The van der Waals surface area contributed by atoms with Gasteiger partial charge in [-0.15, -0.1) is 11.8 Å². The van der Waals surface area contributed by atoms with Gasteiger partial charge in [-0.1, -0.05) is 12.1 Å². The van der Waals surface area contributed by atoms with Gasteiger partial charge in [-0.05, 0) is 42.2 Å². The lowest BCUT2D eigenvalue weighted by Crippen LogP contribution is -2.28. The Morgan fingerprint density at radius 2 is 2.05 bits per heavy atom. The van der Waals surface area contributed by atoms with Crippen molar-refractivity contribution in [3.05, 3.63) is 48.0 Å². The largest absolute Gasteiger partial charge is 0.454 e. The number of carbonyl (C=O) groups is 1. The standard InChI is InChI=1S/C16H16N2O3S/c1-22-13-4-2-3-12(8-13)18-16(19)17-9-11-5-6-14-15(7-11)21-10-20-14/h2-8H,9-10H2,1H3,(H2,17,18,19). The van der Waals surface area contributed by atoms with Gasteiger partial charge in [-0.25, -0.2) is 4.79 Å². The number of fused-ring (bicyclic) bond motifs is 1. The van der Waals surface area contributed by atoms with Crippen molar-refractivity contribution < 1.29 is 14.3 Å². The number of nitrogens with one attached hydrogen (secondary N) is 2. The number of carbonyl (C=O) groups excluding carboxylic acids is 1. The minimum atomic E-state index is -0.240. The van der Waals surface area contributed by atoms with Gasteiger partial charge in [0, 0.05) is 17.1 Å². The second-order valence-corrected chi connectivity index (χ2v) is 5.61. The molecule has 0 radical (unpaired) electrons. The molecule has 1 heterocycles. The van der Waals surface area contributed by atoms with Crippen LogP contribution in [0.5, 0.6) is 11.5 Å². The molecule has 0 saturated carbocycles. The molecule has 2 aromatic carbocycles. The van der Waals surface area contributed by atoms with E-state index in [9.17, 15) is 4.79 Å². The van der Waals surface area contributed by atoms with Crippen LogP contribution in [0.15, 0.2) is 47.4 Å². The molecule has 0 aliphatic carbocycles. The molecule has 6 heteroatoms. The van der Waals surface area contributed by atoms with Crippen LogP contribution in [0.3, 0.4) is 0 Å². The molecule has 0 fully saturated rings. The molecule has 114 valence electrons. The molecule has 0 aromatic heterocycles. The minimum absolute atomic E-state index is 0.240. The minimum Gasteiger partial charge on any atom is -0.454 e. The molecule has 0 saturated heterocycles. The quantitative estimate of drug-likeness (QED) is 0.848. The van der Waals surface area contributed by atoms with Crippen LogP contribution in [-0.2, 0) is 6.54 Å². The number of urea groups is 1. The molecule has 5 nitrogen and oxygen atoms in total. The fourth-order valence-electron chi connectivity index (χ4n) is 2.11. The summed E-state index contributed by atoms with van der Waals surface area (Å²) in [5, 5.41) is 5.64. The topological polar surface area (TPSA) is 59.6 Å². The predicted molar refractivity (Wildman–Crippen MR) is 86.6 cm³/mol. The zero-order chi connectivity index (χ0) is 15.4. The number of benzene rings is 2. The number of thioether (sulfide) groups is 1. The van der Waals surface area contributed by atoms with Gasteiger partial charge in [0.25, 0.3) is 0 Å². The summed E-state index contributed by atoms with van der Waals surface area (Å²) in [4.78, 5) is 13.0. The summed E-state index contributed by atoms with van der Waals surface area (Å²) in [5.74, 6) is 1.45. The van der Waals surface area contributed by atoms with Gasteiger partial charge in [0.05, 0.1) is 0 Å². The van der Waals surface area contributed by atoms with Crippen LogP contribution in [0.2, 0.25) is 0 Å². The van der Waals surface area contributed by atoms with Crippen LogP contribution < -0.4 is 20.1 Å². The third-order valence-corrected chi connectivity index (χ3v) is 3.94. The van der Waals surface area contributed by atoms with Gasteiger partial charge >= 0.3 is 6.03 Å². The first-order valence-corrected chi connectivity index (χ1v) is 8.04. The maximum Gasteiger partial charge on any atom is 0.319 e. The normalized spacial score (nSPS) is 12.0. The summed E-state index contributed by atoms with van der Waals surface area (Å²) in [7, 11) is 0. The molecule has 2 N–H and O–H groups in total. The van der Waals surface area contributed by atoms with Crippen LogP contribution in [0.25, 0.3) is 0 Å². The van der Waals surface area contributed by atoms with E-state index in [1.165, 1.54) is 0 Å². The Morgan fingerprint density at radius 3 is 2.91 bits per heavy atom. The van der Waals surface area contributed by atoms with Gasteiger partial charge in [-0.3, -0.25) is 0 Å². The highest BCUT2D eigenvalue weighted by molar-refractivity contribution is 7.98. The second kappa shape index (κ2) is 6.62. The lowest BCUT2D eigenvalue weighted by Gasteiger charge is -2.09. The summed E-state index contributed by atoms with van der Waals surface area (Å²) >= 11 is 1.63. The Bertz CT molecular complexity index is 691. The molecule has 0 atom stereocenters. The van der Waals surface area contributed by atoms with E-state index in [0.29, 0.717) is 12.3 Å². The number of amides is 2. The van der Waals surface area contributed by atoms with Crippen LogP contribution in [0, 0.1) is 0 Å². The maximum atomic E-state index is 11.9. The Hall–Kier alpha value is -2.34. The first-order valence-electron chi connectivity index (χ1n) is 6.82. The highest BCUT2D eigenvalue weighted by Gasteiger charge is 2.13. The zero-order valence-electron chi connectivity index (χ0n) is 12.1. The average molecular weight is 316 g/mol. The summed E-state index contributed by atoms with van der Waals surface area (Å²) in [6.45, 7) is 0.670. The Morgan fingerprint density at radius 1 is 1.18 bits per heavy atom. The van der Waals surface area contributed by atoms with E-state index in [1.54, 1.807) is 11.8 Å². The predicted octanol–water partition coefficient (Wildman–Crippen LogP) is 3.46. The summed E-state index contributed by atoms with van der Waals surface area (Å²) in [6.07, 6.45) is 2.00. The fourth-order valence-corrected chi connectivity index (χ4v) is 2.57. The van der Waals surface area contributed by atoms with Crippen molar-refractivity contribution in [2.45, 2.75) is 11.4 Å². The lowest BCUT2D eigenvalue weighted by atomic mass is 10.2. The molecule has 0 unspecified atom stereocenters. The molecule has 1 aliphatic heterocycles. The Kier molecular flexibility index (Phi) is 4.39. The first-order chi connectivity index (χ1) is 10.7. The second-order valence-electron chi connectivity index (χ2n) is 4.73. The van der Waals surface area contributed by atoms with E-state index in [1.807, 2.05) is 48.7 Å². The molecule has 22 heavy (non-hydrogen) atoms. The van der Waals surface area contributed by atoms with Crippen molar-refractivity contribution >= 4 is 23.5 Å². The van der Waals surface area contributed by atoms with Crippen LogP contribution in [-0.4, -0.2) is 19.1 Å². The molecule has 1 aliphatic rings. The lowest BCUT2D eigenvalue weighted by molar-refractivity contribution is 0.174. The zero-order valence-corrected chi connectivity index (χ0v) is 12.9. The van der Waals surface area contributed by atoms with E-state index < -0.39 is 0 Å². The number of hydrogen-bond donors (Lipinski definition) is 2. The Labute approximate surface area is 133 Å². The van der Waals surface area contributed by atoms with Crippen molar-refractivity contribution in [1.29, 1.82) is 0 Å². The van der Waals surface area contributed by atoms with Crippen molar-refractivity contribution in [2.24, 2.45) is 0 Å². The monoisotopic (exact) mass is 316 g/mol. The molecule has 3 rings (SSSR count). The molecule has 0 spiro atoms. The third-order valence-electron chi connectivity index (χ3n) is 3.22. The van der Waals surface area contributed by atoms with Gasteiger partial charge in [0.2, 0.25) is 6.79 Å². The third kappa shape index (κ3) is 3.46.